The summed E-state index contributed by atoms with van der Waals surface area (Å²) in [5.74, 6) is 0.0518. The molecule has 0 radical (unpaired) electrons. The summed E-state index contributed by atoms with van der Waals surface area (Å²) in [5.41, 5.74) is 2.10. The van der Waals surface area contributed by atoms with Crippen LogP contribution >= 0.6 is 0 Å². The van der Waals surface area contributed by atoms with Gasteiger partial charge in [-0.15, -0.1) is 0 Å². The quantitative estimate of drug-likeness (QED) is 0.836. The van der Waals surface area contributed by atoms with Gasteiger partial charge in [0.25, 0.3) is 0 Å². The number of benzene rings is 1. The Kier molecular flexibility index (Phi) is 6.86. The van der Waals surface area contributed by atoms with Crippen LogP contribution in [0.3, 0.4) is 0 Å². The van der Waals surface area contributed by atoms with Crippen molar-refractivity contribution in [1.82, 2.24) is 9.80 Å². The summed E-state index contributed by atoms with van der Waals surface area (Å²) in [5, 5.41) is 2.98. The van der Waals surface area contributed by atoms with Crippen LogP contribution in [0.25, 0.3) is 0 Å². The third-order valence-electron chi connectivity index (χ3n) is 4.33. The second-order valence-electron chi connectivity index (χ2n) is 6.48. The van der Waals surface area contributed by atoms with Gasteiger partial charge in [0.2, 0.25) is 5.91 Å². The lowest BCUT2D eigenvalue weighted by Gasteiger charge is -2.34. The molecule has 0 saturated carbocycles. The van der Waals surface area contributed by atoms with Crippen molar-refractivity contribution in [2.24, 2.45) is 0 Å². The second-order valence-corrected chi connectivity index (χ2v) is 6.48. The number of carbonyl (C=O) groups excluding carboxylic acids is 1. The summed E-state index contributed by atoms with van der Waals surface area (Å²) in [6.45, 7) is 7.89. The van der Waals surface area contributed by atoms with E-state index in [1.807, 2.05) is 19.2 Å². The predicted molar refractivity (Wildman–Crippen MR) is 97.2 cm³/mol. The molecule has 0 unspecified atom stereocenters. The van der Waals surface area contributed by atoms with Crippen LogP contribution < -0.4 is 10.2 Å². The molecule has 1 fully saturated rings. The van der Waals surface area contributed by atoms with Crippen LogP contribution in [0.5, 0.6) is 0 Å². The molecule has 128 valence electrons. The van der Waals surface area contributed by atoms with Crippen molar-refractivity contribution in [2.45, 2.75) is 19.8 Å². The normalized spacial score (nSPS) is 15.9. The average molecular weight is 318 g/mol. The molecule has 1 saturated heterocycles. The van der Waals surface area contributed by atoms with E-state index in [2.05, 4.69) is 46.1 Å². The minimum Gasteiger partial charge on any atom is -0.369 e. The van der Waals surface area contributed by atoms with Crippen molar-refractivity contribution in [3.8, 4) is 0 Å². The highest BCUT2D eigenvalue weighted by Gasteiger charge is 2.14. The Hall–Kier alpha value is -1.59. The highest BCUT2D eigenvalue weighted by Crippen LogP contribution is 2.19. The van der Waals surface area contributed by atoms with E-state index in [0.29, 0.717) is 6.54 Å². The molecule has 5 nitrogen and oxygen atoms in total. The lowest BCUT2D eigenvalue weighted by atomic mass is 10.2. The van der Waals surface area contributed by atoms with Crippen LogP contribution in [-0.2, 0) is 4.79 Å². The van der Waals surface area contributed by atoms with Gasteiger partial charge < -0.3 is 15.1 Å². The molecule has 0 aliphatic carbocycles. The number of amides is 1. The largest absolute Gasteiger partial charge is 0.369 e. The van der Waals surface area contributed by atoms with Crippen molar-refractivity contribution < 1.29 is 4.79 Å². The van der Waals surface area contributed by atoms with Gasteiger partial charge in [0.15, 0.2) is 0 Å². The third-order valence-corrected chi connectivity index (χ3v) is 4.33. The molecule has 1 amide bonds. The predicted octanol–water partition coefficient (Wildman–Crippen LogP) is 2.11. The van der Waals surface area contributed by atoms with E-state index in [1.165, 1.54) is 5.69 Å². The zero-order valence-electron chi connectivity index (χ0n) is 14.7. The second kappa shape index (κ2) is 8.89. The number of rotatable bonds is 7. The first-order valence-electron chi connectivity index (χ1n) is 8.60. The first kappa shape index (κ1) is 17.8. The van der Waals surface area contributed by atoms with E-state index >= 15 is 0 Å². The topological polar surface area (TPSA) is 38.8 Å². The van der Waals surface area contributed by atoms with Crippen molar-refractivity contribution in [1.29, 1.82) is 0 Å². The summed E-state index contributed by atoms with van der Waals surface area (Å²) >= 11 is 0. The molecule has 1 heterocycles. The number of carbonyl (C=O) groups is 1. The van der Waals surface area contributed by atoms with E-state index in [9.17, 15) is 4.79 Å². The molecular weight excluding hydrogens is 288 g/mol. The van der Waals surface area contributed by atoms with E-state index in [4.69, 9.17) is 0 Å². The van der Waals surface area contributed by atoms with Crippen molar-refractivity contribution in [3.05, 3.63) is 24.3 Å². The first-order chi connectivity index (χ1) is 11.1. The molecule has 23 heavy (non-hydrogen) atoms. The lowest BCUT2D eigenvalue weighted by Crippen LogP contribution is -2.44. The molecule has 1 aromatic carbocycles. The van der Waals surface area contributed by atoms with Crippen LogP contribution in [0.15, 0.2) is 24.3 Å². The molecule has 0 bridgehead atoms. The number of anilines is 2. The van der Waals surface area contributed by atoms with Crippen LogP contribution in [0.2, 0.25) is 0 Å². The van der Waals surface area contributed by atoms with Crippen molar-refractivity contribution in [3.63, 3.8) is 0 Å². The van der Waals surface area contributed by atoms with E-state index in [1.54, 1.807) is 0 Å². The highest BCUT2D eigenvalue weighted by molar-refractivity contribution is 5.92. The molecule has 1 aliphatic heterocycles. The maximum Gasteiger partial charge on any atom is 0.238 e. The molecule has 1 aliphatic rings. The minimum absolute atomic E-state index is 0.0518. The molecule has 1 N–H and O–H groups in total. The van der Waals surface area contributed by atoms with Gasteiger partial charge in [-0.1, -0.05) is 13.3 Å². The standard InChI is InChI=1S/C18H30N4O/c1-4-5-10-21(3)15-18(23)19-16-6-8-17(9-7-16)22-13-11-20(2)12-14-22/h6-9H,4-5,10-15H2,1-3H3,(H,19,23). The number of hydrogen-bond acceptors (Lipinski definition) is 4. The Morgan fingerprint density at radius 1 is 1.17 bits per heavy atom. The Morgan fingerprint density at radius 3 is 2.43 bits per heavy atom. The number of likely N-dealkylation sites (N-methyl/N-ethyl adjacent to an activating group) is 2. The van der Waals surface area contributed by atoms with Gasteiger partial charge >= 0.3 is 0 Å². The Balaban J connectivity index is 1.81. The molecule has 5 heteroatoms. The molecular formula is C18H30N4O. The monoisotopic (exact) mass is 318 g/mol. The zero-order valence-corrected chi connectivity index (χ0v) is 14.7. The molecule has 0 aromatic heterocycles. The maximum atomic E-state index is 12.0. The Labute approximate surface area is 140 Å². The van der Waals surface area contributed by atoms with E-state index in [-0.39, 0.29) is 5.91 Å². The van der Waals surface area contributed by atoms with Gasteiger partial charge in [0.1, 0.15) is 0 Å². The molecule has 0 atom stereocenters. The van der Waals surface area contributed by atoms with Gasteiger partial charge in [-0.05, 0) is 51.3 Å². The average Bonchev–Trinajstić information content (AvgIpc) is 2.54. The molecule has 2 rings (SSSR count). The number of piperazine rings is 1. The summed E-state index contributed by atoms with van der Waals surface area (Å²) < 4.78 is 0. The highest BCUT2D eigenvalue weighted by atomic mass is 16.2. The number of nitrogens with one attached hydrogen (secondary N) is 1. The van der Waals surface area contributed by atoms with Gasteiger partial charge in [0.05, 0.1) is 6.54 Å². The zero-order chi connectivity index (χ0) is 16.7. The summed E-state index contributed by atoms with van der Waals surface area (Å²) in [7, 11) is 4.15. The van der Waals surface area contributed by atoms with Crippen LogP contribution in [0, 0.1) is 0 Å². The third kappa shape index (κ3) is 5.84. The minimum atomic E-state index is 0.0518. The van der Waals surface area contributed by atoms with E-state index in [0.717, 1.165) is 51.3 Å². The summed E-state index contributed by atoms with van der Waals surface area (Å²) in [6.07, 6.45) is 2.28. The fourth-order valence-electron chi connectivity index (χ4n) is 2.77. The summed E-state index contributed by atoms with van der Waals surface area (Å²) in [6, 6.07) is 8.19. The van der Waals surface area contributed by atoms with Gasteiger partial charge in [-0.25, -0.2) is 0 Å². The van der Waals surface area contributed by atoms with Gasteiger partial charge in [-0.2, -0.15) is 0 Å². The van der Waals surface area contributed by atoms with E-state index < -0.39 is 0 Å². The van der Waals surface area contributed by atoms with Crippen LogP contribution in [0.4, 0.5) is 11.4 Å². The molecule has 1 aromatic rings. The molecule has 0 spiro atoms. The lowest BCUT2D eigenvalue weighted by molar-refractivity contribution is -0.117. The van der Waals surface area contributed by atoms with Gasteiger partial charge in [0, 0.05) is 37.6 Å². The number of hydrogen-bond donors (Lipinski definition) is 1. The fraction of sp³-hybridized carbons (Fsp3) is 0.611. The maximum absolute atomic E-state index is 12.0. The summed E-state index contributed by atoms with van der Waals surface area (Å²) in [4.78, 5) is 18.8. The van der Waals surface area contributed by atoms with Crippen LogP contribution in [0.1, 0.15) is 19.8 Å². The van der Waals surface area contributed by atoms with Gasteiger partial charge in [-0.3, -0.25) is 9.69 Å². The SMILES string of the molecule is CCCCN(C)CC(=O)Nc1ccc(N2CCN(C)CC2)cc1. The smallest absolute Gasteiger partial charge is 0.238 e. The fourth-order valence-corrected chi connectivity index (χ4v) is 2.77. The first-order valence-corrected chi connectivity index (χ1v) is 8.60. The Morgan fingerprint density at radius 2 is 1.83 bits per heavy atom. The van der Waals surface area contributed by atoms with Crippen molar-refractivity contribution >= 4 is 17.3 Å². The van der Waals surface area contributed by atoms with Crippen molar-refractivity contribution in [2.75, 3.05) is 63.6 Å². The number of nitrogens with zero attached hydrogens (tertiary/aromatic N) is 3. The number of unbranched alkanes of at least 4 members (excludes halogenated alkanes) is 1. The Bertz CT molecular complexity index is 480. The van der Waals surface area contributed by atoms with Crippen LogP contribution in [-0.4, -0.2) is 69.1 Å².